The molecule has 0 aliphatic rings. The van der Waals surface area contributed by atoms with E-state index in [9.17, 15) is 4.79 Å². The molecule has 0 amide bonds. The summed E-state index contributed by atoms with van der Waals surface area (Å²) < 4.78 is 4.95. The minimum atomic E-state index is -0.917. The Morgan fingerprint density at radius 2 is 1.81 bits per heavy atom. The van der Waals surface area contributed by atoms with Crippen molar-refractivity contribution < 1.29 is 14.6 Å². The highest BCUT2D eigenvalue weighted by Crippen LogP contribution is 2.05. The number of hydrogen-bond donors (Lipinski definition) is 2. The highest BCUT2D eigenvalue weighted by atomic mass is 16.5. The molecule has 0 heterocycles. The Bertz CT molecular complexity index is 183. The molecular formula is C12H25NO3. The summed E-state index contributed by atoms with van der Waals surface area (Å²) in [5.74, 6) is -0.511. The number of aliphatic hydroxyl groups is 1. The summed E-state index contributed by atoms with van der Waals surface area (Å²) in [4.78, 5) is 11.2. The van der Waals surface area contributed by atoms with Crippen molar-refractivity contribution in [3.05, 3.63) is 0 Å². The van der Waals surface area contributed by atoms with Crippen molar-refractivity contribution in [3.8, 4) is 0 Å². The SMILES string of the molecule is CCCCCCCCOC(=O)[C@@H](N)[C@@H](C)O. The molecule has 96 valence electrons. The van der Waals surface area contributed by atoms with Crippen LogP contribution in [-0.4, -0.2) is 29.8 Å². The molecule has 0 radical (unpaired) electrons. The molecule has 0 aliphatic heterocycles. The molecule has 0 rings (SSSR count). The fourth-order valence-corrected chi connectivity index (χ4v) is 1.35. The van der Waals surface area contributed by atoms with E-state index in [4.69, 9.17) is 15.6 Å². The Balaban J connectivity index is 3.34. The number of aliphatic hydroxyl groups excluding tert-OH is 1. The van der Waals surface area contributed by atoms with E-state index in [1.165, 1.54) is 32.6 Å². The van der Waals surface area contributed by atoms with Crippen LogP contribution in [0.4, 0.5) is 0 Å². The van der Waals surface area contributed by atoms with Gasteiger partial charge in [0.1, 0.15) is 6.04 Å². The van der Waals surface area contributed by atoms with Crippen molar-refractivity contribution in [2.75, 3.05) is 6.61 Å². The summed E-state index contributed by atoms with van der Waals surface area (Å²) in [7, 11) is 0. The molecular weight excluding hydrogens is 206 g/mol. The topological polar surface area (TPSA) is 72.5 Å². The summed E-state index contributed by atoms with van der Waals surface area (Å²) in [6, 6.07) is -0.917. The molecule has 0 saturated heterocycles. The maximum absolute atomic E-state index is 11.2. The second-order valence-electron chi connectivity index (χ2n) is 4.20. The highest BCUT2D eigenvalue weighted by Gasteiger charge is 2.19. The minimum absolute atomic E-state index is 0.408. The van der Waals surface area contributed by atoms with Crippen molar-refractivity contribution >= 4 is 5.97 Å². The molecule has 4 nitrogen and oxygen atoms in total. The molecule has 0 fully saturated rings. The van der Waals surface area contributed by atoms with Crippen LogP contribution in [0.25, 0.3) is 0 Å². The number of carbonyl (C=O) groups excluding carboxylic acids is 1. The van der Waals surface area contributed by atoms with Gasteiger partial charge in [-0.25, -0.2) is 0 Å². The van der Waals surface area contributed by atoms with Crippen LogP contribution in [0.5, 0.6) is 0 Å². The van der Waals surface area contributed by atoms with Gasteiger partial charge in [-0.05, 0) is 13.3 Å². The molecule has 0 aromatic heterocycles. The molecule has 2 atom stereocenters. The van der Waals surface area contributed by atoms with Gasteiger partial charge in [-0.15, -0.1) is 0 Å². The summed E-state index contributed by atoms with van der Waals surface area (Å²) in [5.41, 5.74) is 5.42. The van der Waals surface area contributed by atoms with Crippen molar-refractivity contribution in [2.24, 2.45) is 5.73 Å². The van der Waals surface area contributed by atoms with Gasteiger partial charge in [0.15, 0.2) is 0 Å². The van der Waals surface area contributed by atoms with Gasteiger partial charge in [0, 0.05) is 0 Å². The molecule has 0 spiro atoms. The van der Waals surface area contributed by atoms with Crippen LogP contribution in [0.2, 0.25) is 0 Å². The maximum Gasteiger partial charge on any atom is 0.325 e. The lowest BCUT2D eigenvalue weighted by atomic mass is 10.1. The first-order valence-electron chi connectivity index (χ1n) is 6.19. The second kappa shape index (κ2) is 9.60. The van der Waals surface area contributed by atoms with Crippen LogP contribution in [0.1, 0.15) is 52.4 Å². The van der Waals surface area contributed by atoms with Crippen LogP contribution < -0.4 is 5.73 Å². The first kappa shape index (κ1) is 15.4. The van der Waals surface area contributed by atoms with Gasteiger partial charge >= 0.3 is 5.97 Å². The first-order chi connectivity index (χ1) is 7.59. The Labute approximate surface area is 98.2 Å². The van der Waals surface area contributed by atoms with E-state index < -0.39 is 18.1 Å². The standard InChI is InChI=1S/C12H25NO3/c1-3-4-5-6-7-8-9-16-12(15)11(13)10(2)14/h10-11,14H,3-9,13H2,1-2H3/t10-,11+/m1/s1. The first-order valence-corrected chi connectivity index (χ1v) is 6.19. The zero-order valence-electron chi connectivity index (χ0n) is 10.4. The lowest BCUT2D eigenvalue weighted by Crippen LogP contribution is -2.41. The predicted molar refractivity (Wildman–Crippen MR) is 64.0 cm³/mol. The monoisotopic (exact) mass is 231 g/mol. The molecule has 0 bridgehead atoms. The number of ether oxygens (including phenoxy) is 1. The lowest BCUT2D eigenvalue weighted by Gasteiger charge is -2.13. The number of carbonyl (C=O) groups is 1. The average molecular weight is 231 g/mol. The maximum atomic E-state index is 11.2. The predicted octanol–water partition coefficient (Wildman–Crippen LogP) is 1.60. The zero-order valence-corrected chi connectivity index (χ0v) is 10.4. The van der Waals surface area contributed by atoms with Gasteiger partial charge in [-0.1, -0.05) is 39.0 Å². The normalized spacial score (nSPS) is 14.5. The van der Waals surface area contributed by atoms with E-state index >= 15 is 0 Å². The minimum Gasteiger partial charge on any atom is -0.464 e. The zero-order chi connectivity index (χ0) is 12.4. The quantitative estimate of drug-likeness (QED) is 0.467. The van der Waals surface area contributed by atoms with Gasteiger partial charge < -0.3 is 15.6 Å². The van der Waals surface area contributed by atoms with Crippen LogP contribution in [0.15, 0.2) is 0 Å². The molecule has 16 heavy (non-hydrogen) atoms. The largest absolute Gasteiger partial charge is 0.464 e. The number of rotatable bonds is 9. The molecule has 0 aliphatic carbocycles. The molecule has 3 N–H and O–H groups in total. The number of esters is 1. The van der Waals surface area contributed by atoms with Crippen molar-refractivity contribution in [2.45, 2.75) is 64.5 Å². The van der Waals surface area contributed by atoms with E-state index in [-0.39, 0.29) is 0 Å². The van der Waals surface area contributed by atoms with Crippen LogP contribution >= 0.6 is 0 Å². The highest BCUT2D eigenvalue weighted by molar-refractivity contribution is 5.76. The number of hydrogen-bond acceptors (Lipinski definition) is 4. The van der Waals surface area contributed by atoms with Gasteiger partial charge in [0.2, 0.25) is 0 Å². The summed E-state index contributed by atoms with van der Waals surface area (Å²) >= 11 is 0. The third-order valence-electron chi connectivity index (χ3n) is 2.53. The van der Waals surface area contributed by atoms with Crippen molar-refractivity contribution in [3.63, 3.8) is 0 Å². The lowest BCUT2D eigenvalue weighted by molar-refractivity contribution is -0.147. The van der Waals surface area contributed by atoms with Crippen molar-refractivity contribution in [1.29, 1.82) is 0 Å². The van der Waals surface area contributed by atoms with Crippen molar-refractivity contribution in [1.82, 2.24) is 0 Å². The average Bonchev–Trinajstić information content (AvgIpc) is 2.26. The Morgan fingerprint density at radius 3 is 2.38 bits per heavy atom. The Hall–Kier alpha value is -0.610. The van der Waals surface area contributed by atoms with Gasteiger partial charge in [-0.2, -0.15) is 0 Å². The molecule has 0 saturated carbocycles. The van der Waals surface area contributed by atoms with E-state index in [0.717, 1.165) is 12.8 Å². The molecule has 0 unspecified atom stereocenters. The summed E-state index contributed by atoms with van der Waals surface area (Å²) in [6.45, 7) is 4.07. The number of nitrogens with two attached hydrogens (primary N) is 1. The third kappa shape index (κ3) is 7.65. The van der Waals surface area contributed by atoms with E-state index in [1.54, 1.807) is 0 Å². The Morgan fingerprint density at radius 1 is 1.25 bits per heavy atom. The summed E-state index contributed by atoms with van der Waals surface area (Å²) in [6.07, 6.45) is 6.05. The number of unbranched alkanes of at least 4 members (excludes halogenated alkanes) is 5. The van der Waals surface area contributed by atoms with Gasteiger partial charge in [-0.3, -0.25) is 4.79 Å². The second-order valence-corrected chi connectivity index (χ2v) is 4.20. The molecule has 0 aromatic rings. The van der Waals surface area contributed by atoms with E-state index in [0.29, 0.717) is 6.61 Å². The fraction of sp³-hybridized carbons (Fsp3) is 0.917. The van der Waals surface area contributed by atoms with E-state index in [1.807, 2.05) is 0 Å². The summed E-state index contributed by atoms with van der Waals surface area (Å²) in [5, 5.41) is 9.07. The molecule has 4 heteroatoms. The van der Waals surface area contributed by atoms with Gasteiger partial charge in [0.05, 0.1) is 12.7 Å². The van der Waals surface area contributed by atoms with Crippen LogP contribution in [0.3, 0.4) is 0 Å². The van der Waals surface area contributed by atoms with Crippen LogP contribution in [-0.2, 0) is 9.53 Å². The van der Waals surface area contributed by atoms with E-state index in [2.05, 4.69) is 6.92 Å². The van der Waals surface area contributed by atoms with Gasteiger partial charge in [0.25, 0.3) is 0 Å². The Kier molecular flexibility index (Phi) is 9.24. The molecule has 0 aromatic carbocycles. The smallest absolute Gasteiger partial charge is 0.325 e. The third-order valence-corrected chi connectivity index (χ3v) is 2.53. The van der Waals surface area contributed by atoms with Crippen LogP contribution in [0, 0.1) is 0 Å². The fourth-order valence-electron chi connectivity index (χ4n) is 1.35.